The number of hydrogen-bond acceptors (Lipinski definition) is 2. The summed E-state index contributed by atoms with van der Waals surface area (Å²) in [5.41, 5.74) is 5.87. The van der Waals surface area contributed by atoms with Crippen molar-refractivity contribution >= 4 is 5.91 Å². The zero-order valence-corrected chi connectivity index (χ0v) is 8.91. The molecule has 3 atom stereocenters. The Morgan fingerprint density at radius 2 is 2.43 bits per heavy atom. The van der Waals surface area contributed by atoms with Crippen LogP contribution >= 0.6 is 0 Å². The number of hydrogen-bond donors (Lipinski definition) is 1. The molecule has 14 heavy (non-hydrogen) atoms. The van der Waals surface area contributed by atoms with Crippen molar-refractivity contribution in [3.05, 3.63) is 0 Å². The zero-order chi connectivity index (χ0) is 10.1. The lowest BCUT2D eigenvalue weighted by atomic mass is 10.1. The first-order chi connectivity index (χ1) is 6.74. The Morgan fingerprint density at radius 1 is 1.64 bits per heavy atom. The van der Waals surface area contributed by atoms with Gasteiger partial charge in [-0.3, -0.25) is 4.79 Å². The molecule has 1 aliphatic heterocycles. The molecule has 0 unspecified atom stereocenters. The number of nitrogens with two attached hydrogens (primary N) is 1. The number of nitrogens with zero attached hydrogens (tertiary/aromatic N) is 1. The fraction of sp³-hybridized carbons (Fsp3) is 0.909. The number of piperidine rings is 1. The van der Waals surface area contributed by atoms with Gasteiger partial charge in [0, 0.05) is 12.6 Å². The summed E-state index contributed by atoms with van der Waals surface area (Å²) in [6.45, 7) is 3.08. The highest BCUT2D eigenvalue weighted by molar-refractivity contribution is 5.82. The number of rotatable bonds is 4. The first-order valence-corrected chi connectivity index (χ1v) is 5.80. The number of fused-ring (bicyclic) bond motifs is 1. The highest BCUT2D eigenvalue weighted by Crippen LogP contribution is 2.44. The van der Waals surface area contributed by atoms with Gasteiger partial charge in [-0.15, -0.1) is 0 Å². The second kappa shape index (κ2) is 3.89. The van der Waals surface area contributed by atoms with Crippen molar-refractivity contribution in [3.8, 4) is 0 Å². The topological polar surface area (TPSA) is 46.3 Å². The molecular weight excluding hydrogens is 176 g/mol. The lowest BCUT2D eigenvalue weighted by Gasteiger charge is -2.22. The minimum Gasteiger partial charge on any atom is -0.338 e. The molecule has 2 N–H and O–H groups in total. The van der Waals surface area contributed by atoms with Crippen LogP contribution in [-0.4, -0.2) is 29.4 Å². The van der Waals surface area contributed by atoms with Crippen LogP contribution in [0.15, 0.2) is 0 Å². The summed E-state index contributed by atoms with van der Waals surface area (Å²) in [7, 11) is 0. The Balaban J connectivity index is 1.81. The standard InChI is InChI=1S/C11H20N2O/c1-2-3-4-9(12)11(14)13-6-5-8-7-10(8)13/h8-10H,2-7,12H2,1H3/t8-,9+,10+/m1/s1. The van der Waals surface area contributed by atoms with Gasteiger partial charge in [0.15, 0.2) is 0 Å². The van der Waals surface area contributed by atoms with Crippen LogP contribution in [0, 0.1) is 5.92 Å². The monoisotopic (exact) mass is 196 g/mol. The average Bonchev–Trinajstić information content (AvgIpc) is 2.86. The van der Waals surface area contributed by atoms with E-state index in [2.05, 4.69) is 6.92 Å². The van der Waals surface area contributed by atoms with E-state index in [9.17, 15) is 4.79 Å². The van der Waals surface area contributed by atoms with Gasteiger partial charge in [0.2, 0.25) is 5.91 Å². The summed E-state index contributed by atoms with van der Waals surface area (Å²) >= 11 is 0. The maximum atomic E-state index is 11.9. The molecule has 80 valence electrons. The van der Waals surface area contributed by atoms with Crippen LogP contribution in [0.3, 0.4) is 0 Å². The van der Waals surface area contributed by atoms with Crippen LogP contribution in [0.2, 0.25) is 0 Å². The van der Waals surface area contributed by atoms with E-state index in [4.69, 9.17) is 5.73 Å². The molecule has 1 heterocycles. The Bertz CT molecular complexity index is 229. The molecule has 1 aliphatic carbocycles. The molecule has 0 aromatic carbocycles. The van der Waals surface area contributed by atoms with Gasteiger partial charge in [-0.1, -0.05) is 19.8 Å². The molecule has 0 aromatic rings. The van der Waals surface area contributed by atoms with Crippen LogP contribution in [0.25, 0.3) is 0 Å². The van der Waals surface area contributed by atoms with E-state index < -0.39 is 0 Å². The van der Waals surface area contributed by atoms with Crippen molar-refractivity contribution in [1.82, 2.24) is 4.90 Å². The van der Waals surface area contributed by atoms with Crippen LogP contribution < -0.4 is 5.73 Å². The summed E-state index contributed by atoms with van der Waals surface area (Å²) in [5, 5.41) is 0. The number of likely N-dealkylation sites (tertiary alicyclic amines) is 1. The molecule has 1 saturated heterocycles. The summed E-state index contributed by atoms with van der Waals surface area (Å²) in [6.07, 6.45) is 5.47. The van der Waals surface area contributed by atoms with Gasteiger partial charge >= 0.3 is 0 Å². The largest absolute Gasteiger partial charge is 0.338 e. The van der Waals surface area contributed by atoms with Crippen molar-refractivity contribution in [2.75, 3.05) is 6.54 Å². The average molecular weight is 196 g/mol. The molecule has 3 nitrogen and oxygen atoms in total. The molecule has 2 aliphatic rings. The molecule has 1 saturated carbocycles. The molecule has 1 amide bonds. The Kier molecular flexibility index (Phi) is 2.77. The Morgan fingerprint density at radius 3 is 2.93 bits per heavy atom. The molecule has 2 rings (SSSR count). The van der Waals surface area contributed by atoms with Gasteiger partial charge in [-0.2, -0.15) is 0 Å². The van der Waals surface area contributed by atoms with Gasteiger partial charge in [0.25, 0.3) is 0 Å². The van der Waals surface area contributed by atoms with Gasteiger partial charge in [-0.05, 0) is 25.2 Å². The lowest BCUT2D eigenvalue weighted by Crippen LogP contribution is -2.43. The quantitative estimate of drug-likeness (QED) is 0.732. The molecule has 0 radical (unpaired) electrons. The Hall–Kier alpha value is -0.570. The molecule has 0 bridgehead atoms. The number of carbonyl (C=O) groups excluding carboxylic acids is 1. The fourth-order valence-corrected chi connectivity index (χ4v) is 2.43. The fourth-order valence-electron chi connectivity index (χ4n) is 2.43. The zero-order valence-electron chi connectivity index (χ0n) is 8.91. The SMILES string of the molecule is CCCC[C@H](N)C(=O)N1CC[C@@H]2C[C@@H]21. The van der Waals surface area contributed by atoms with E-state index in [1.54, 1.807) is 0 Å². The van der Waals surface area contributed by atoms with Gasteiger partial charge < -0.3 is 10.6 Å². The molecular formula is C11H20N2O. The first kappa shape index (κ1) is 9.97. The minimum atomic E-state index is -0.241. The van der Waals surface area contributed by atoms with Crippen molar-refractivity contribution in [1.29, 1.82) is 0 Å². The van der Waals surface area contributed by atoms with Gasteiger partial charge in [0.1, 0.15) is 0 Å². The van der Waals surface area contributed by atoms with Crippen LogP contribution in [0.1, 0.15) is 39.0 Å². The third kappa shape index (κ3) is 1.78. The third-order valence-corrected chi connectivity index (χ3v) is 3.50. The maximum Gasteiger partial charge on any atom is 0.239 e. The highest BCUT2D eigenvalue weighted by atomic mass is 16.2. The smallest absolute Gasteiger partial charge is 0.239 e. The normalized spacial score (nSPS) is 31.4. The highest BCUT2D eigenvalue weighted by Gasteiger charge is 2.49. The van der Waals surface area contributed by atoms with Crippen molar-refractivity contribution in [2.45, 2.75) is 51.1 Å². The van der Waals surface area contributed by atoms with Gasteiger partial charge in [0.05, 0.1) is 6.04 Å². The summed E-state index contributed by atoms with van der Waals surface area (Å²) in [4.78, 5) is 13.9. The van der Waals surface area contributed by atoms with E-state index in [1.165, 1.54) is 12.8 Å². The van der Waals surface area contributed by atoms with E-state index in [-0.39, 0.29) is 11.9 Å². The predicted octanol–water partition coefficient (Wildman–Crippen LogP) is 1.12. The van der Waals surface area contributed by atoms with Crippen molar-refractivity contribution < 1.29 is 4.79 Å². The van der Waals surface area contributed by atoms with Crippen LogP contribution in [0.5, 0.6) is 0 Å². The molecule has 0 aromatic heterocycles. The number of unbranched alkanes of at least 4 members (excludes halogenated alkanes) is 1. The van der Waals surface area contributed by atoms with E-state index in [0.29, 0.717) is 6.04 Å². The summed E-state index contributed by atoms with van der Waals surface area (Å²) < 4.78 is 0. The van der Waals surface area contributed by atoms with Crippen LogP contribution in [0.4, 0.5) is 0 Å². The van der Waals surface area contributed by atoms with Gasteiger partial charge in [-0.25, -0.2) is 0 Å². The van der Waals surface area contributed by atoms with Crippen LogP contribution in [-0.2, 0) is 4.79 Å². The first-order valence-electron chi connectivity index (χ1n) is 5.80. The second-order valence-electron chi connectivity index (χ2n) is 4.63. The lowest BCUT2D eigenvalue weighted by molar-refractivity contribution is -0.132. The second-order valence-corrected chi connectivity index (χ2v) is 4.63. The minimum absolute atomic E-state index is 0.198. The van der Waals surface area contributed by atoms with Crippen molar-refractivity contribution in [3.63, 3.8) is 0 Å². The third-order valence-electron chi connectivity index (χ3n) is 3.50. The maximum absolute atomic E-state index is 11.9. The molecule has 0 spiro atoms. The predicted molar refractivity (Wildman–Crippen MR) is 55.7 cm³/mol. The van der Waals surface area contributed by atoms with E-state index >= 15 is 0 Å². The summed E-state index contributed by atoms with van der Waals surface area (Å²) in [5.74, 6) is 1.01. The van der Waals surface area contributed by atoms with E-state index in [1.807, 2.05) is 4.90 Å². The van der Waals surface area contributed by atoms with E-state index in [0.717, 1.165) is 31.7 Å². The van der Waals surface area contributed by atoms with Crippen molar-refractivity contribution in [2.24, 2.45) is 11.7 Å². The molecule has 2 fully saturated rings. The number of carbonyl (C=O) groups is 1. The Labute approximate surface area is 85.6 Å². The molecule has 3 heteroatoms. The number of amides is 1. The summed E-state index contributed by atoms with van der Waals surface area (Å²) in [6, 6.07) is 0.324.